The SMILES string of the molecule is Cc1cc(Cl)sc1[C@@H]1c2ccc(F)c(F)c2OC/C=C/C2(CCC2)N2CN1n1ccc(=O)c(O)c1C2=O. The Balaban J connectivity index is 1.69. The lowest BCUT2D eigenvalue weighted by atomic mass is 9.74. The van der Waals surface area contributed by atoms with Crippen molar-refractivity contribution < 1.29 is 23.4 Å². The highest BCUT2D eigenvalue weighted by Crippen LogP contribution is 2.46. The number of aromatic nitrogens is 1. The van der Waals surface area contributed by atoms with E-state index in [1.165, 1.54) is 34.3 Å². The lowest BCUT2D eigenvalue weighted by molar-refractivity contribution is 0.0256. The first kappa shape index (κ1) is 24.0. The molecule has 0 unspecified atom stereocenters. The second kappa shape index (κ2) is 8.59. The molecule has 4 heterocycles. The molecular formula is C26H22ClF2N3O4S. The van der Waals surface area contributed by atoms with Crippen molar-refractivity contribution in [2.24, 2.45) is 0 Å². The van der Waals surface area contributed by atoms with Crippen molar-refractivity contribution in [3.8, 4) is 11.5 Å². The molecule has 1 spiro atoms. The zero-order valence-electron chi connectivity index (χ0n) is 19.7. The zero-order valence-corrected chi connectivity index (χ0v) is 21.3. The molecule has 1 N–H and O–H groups in total. The molecule has 1 atom stereocenters. The Morgan fingerprint density at radius 3 is 2.68 bits per heavy atom. The summed E-state index contributed by atoms with van der Waals surface area (Å²) in [6.07, 6.45) is 7.19. The molecule has 1 aliphatic carbocycles. The summed E-state index contributed by atoms with van der Waals surface area (Å²) >= 11 is 7.65. The quantitative estimate of drug-likeness (QED) is 0.442. The smallest absolute Gasteiger partial charge is 0.278 e. The molecule has 11 heteroatoms. The minimum atomic E-state index is -1.12. The highest BCUT2D eigenvalue weighted by molar-refractivity contribution is 7.16. The number of halogens is 3. The number of amides is 1. The number of hydrogen-bond donors (Lipinski definition) is 1. The normalized spacial score (nSPS) is 21.0. The van der Waals surface area contributed by atoms with E-state index in [0.717, 1.165) is 18.1 Å². The number of carbonyl (C=O) groups excluding carboxylic acids is 1. The molecule has 2 aliphatic heterocycles. The number of aromatic hydroxyl groups is 1. The van der Waals surface area contributed by atoms with E-state index in [0.29, 0.717) is 27.6 Å². The molecule has 3 aliphatic rings. The zero-order chi connectivity index (χ0) is 26.1. The Bertz CT molecular complexity index is 1530. The van der Waals surface area contributed by atoms with Crippen LogP contribution in [0.15, 0.2) is 47.4 Å². The second-order valence-corrected chi connectivity index (χ2v) is 11.2. The van der Waals surface area contributed by atoms with Gasteiger partial charge in [0.1, 0.15) is 19.3 Å². The van der Waals surface area contributed by atoms with Crippen molar-refractivity contribution in [3.05, 3.63) is 90.5 Å². The van der Waals surface area contributed by atoms with Gasteiger partial charge in [-0.2, -0.15) is 4.39 Å². The topological polar surface area (TPSA) is 75.0 Å². The fourth-order valence-corrected chi connectivity index (χ4v) is 6.86. The molecule has 0 radical (unpaired) electrons. The molecule has 192 valence electrons. The second-order valence-electron chi connectivity index (χ2n) is 9.49. The summed E-state index contributed by atoms with van der Waals surface area (Å²) in [6.45, 7) is 1.87. The van der Waals surface area contributed by atoms with E-state index in [2.05, 4.69) is 0 Å². The third-order valence-corrected chi connectivity index (χ3v) is 8.84. The maximum atomic E-state index is 15.2. The van der Waals surface area contributed by atoms with Crippen LogP contribution in [0.5, 0.6) is 11.5 Å². The number of carbonyl (C=O) groups is 1. The monoisotopic (exact) mass is 545 g/mol. The van der Waals surface area contributed by atoms with Crippen LogP contribution in [0.1, 0.15) is 51.8 Å². The van der Waals surface area contributed by atoms with Crippen molar-refractivity contribution in [2.75, 3.05) is 18.3 Å². The molecule has 7 nitrogen and oxygen atoms in total. The van der Waals surface area contributed by atoms with Crippen LogP contribution in [0.2, 0.25) is 4.34 Å². The van der Waals surface area contributed by atoms with Crippen LogP contribution in [0.25, 0.3) is 0 Å². The Morgan fingerprint density at radius 1 is 1.22 bits per heavy atom. The van der Waals surface area contributed by atoms with Crippen molar-refractivity contribution in [3.63, 3.8) is 0 Å². The summed E-state index contributed by atoms with van der Waals surface area (Å²) in [5.41, 5.74) is -0.426. The highest BCUT2D eigenvalue weighted by atomic mass is 35.5. The minimum Gasteiger partial charge on any atom is -0.502 e. The molecular weight excluding hydrogens is 524 g/mol. The van der Waals surface area contributed by atoms with Crippen LogP contribution in [0.3, 0.4) is 0 Å². The van der Waals surface area contributed by atoms with Gasteiger partial charge in [0.2, 0.25) is 11.2 Å². The summed E-state index contributed by atoms with van der Waals surface area (Å²) in [4.78, 5) is 28.6. The maximum absolute atomic E-state index is 15.2. The van der Waals surface area contributed by atoms with Crippen LogP contribution < -0.4 is 15.2 Å². The average Bonchev–Trinajstić information content (AvgIpc) is 3.16. The van der Waals surface area contributed by atoms with Gasteiger partial charge in [-0.05, 0) is 56.0 Å². The fourth-order valence-electron chi connectivity index (χ4n) is 5.42. The van der Waals surface area contributed by atoms with Crippen LogP contribution in [0.4, 0.5) is 8.78 Å². The van der Waals surface area contributed by atoms with Crippen molar-refractivity contribution in [1.82, 2.24) is 9.58 Å². The van der Waals surface area contributed by atoms with Gasteiger partial charge in [0.15, 0.2) is 23.0 Å². The summed E-state index contributed by atoms with van der Waals surface area (Å²) in [5, 5.41) is 12.5. The number of hydrogen-bond acceptors (Lipinski definition) is 6. The number of thiophene rings is 1. The summed E-state index contributed by atoms with van der Waals surface area (Å²) in [5.74, 6) is -3.58. The fraction of sp³-hybridized carbons (Fsp3) is 0.308. The largest absolute Gasteiger partial charge is 0.502 e. The number of aryl methyl sites for hydroxylation is 1. The number of pyridine rings is 1. The minimum absolute atomic E-state index is 0.0376. The van der Waals surface area contributed by atoms with E-state index in [-0.39, 0.29) is 24.7 Å². The standard InChI is InChI=1S/C26H22ClF2N3O4S/c1-14-12-18(27)37-24(14)20-15-4-5-16(28)19(29)23(15)36-11-3-9-26(7-2-8-26)30-13-32(20)31-10-6-17(33)22(34)21(31)25(30)35/h3-6,9-10,12,20,34H,2,7-8,11,13H2,1H3/b9-3+/t20-/m0/s1. The van der Waals surface area contributed by atoms with E-state index < -0.39 is 40.3 Å². The molecule has 3 aromatic rings. The summed E-state index contributed by atoms with van der Waals surface area (Å²) in [6, 6.07) is 4.64. The van der Waals surface area contributed by atoms with Gasteiger partial charge >= 0.3 is 0 Å². The molecule has 1 fully saturated rings. The third-order valence-electron chi connectivity index (χ3n) is 7.42. The molecule has 2 aromatic heterocycles. The van der Waals surface area contributed by atoms with E-state index in [1.54, 1.807) is 22.1 Å². The first-order chi connectivity index (χ1) is 17.7. The summed E-state index contributed by atoms with van der Waals surface area (Å²) < 4.78 is 37.4. The Morgan fingerprint density at radius 2 is 2.00 bits per heavy atom. The van der Waals surface area contributed by atoms with Gasteiger partial charge in [0, 0.05) is 22.7 Å². The van der Waals surface area contributed by atoms with Gasteiger partial charge in [-0.15, -0.1) is 11.3 Å². The first-order valence-electron chi connectivity index (χ1n) is 11.8. The van der Waals surface area contributed by atoms with E-state index in [4.69, 9.17) is 16.3 Å². The van der Waals surface area contributed by atoms with Crippen molar-refractivity contribution in [1.29, 1.82) is 0 Å². The molecule has 2 bridgehead atoms. The van der Waals surface area contributed by atoms with Crippen molar-refractivity contribution in [2.45, 2.75) is 37.8 Å². The molecule has 6 rings (SSSR count). The predicted molar refractivity (Wildman–Crippen MR) is 135 cm³/mol. The summed E-state index contributed by atoms with van der Waals surface area (Å²) in [7, 11) is 0. The number of ether oxygens (including phenoxy) is 1. The van der Waals surface area contributed by atoms with Gasteiger partial charge in [0.25, 0.3) is 5.91 Å². The van der Waals surface area contributed by atoms with Crippen LogP contribution in [0, 0.1) is 18.6 Å². The van der Waals surface area contributed by atoms with E-state index >= 15 is 4.39 Å². The van der Waals surface area contributed by atoms with E-state index in [1.807, 2.05) is 13.0 Å². The Kier molecular flexibility index (Phi) is 5.57. The molecule has 1 saturated carbocycles. The number of nitrogens with zero attached hydrogens (tertiary/aromatic N) is 3. The Hall–Kier alpha value is -3.37. The van der Waals surface area contributed by atoms with Crippen LogP contribution in [-0.4, -0.2) is 39.4 Å². The number of benzene rings is 1. The first-order valence-corrected chi connectivity index (χ1v) is 13.0. The van der Waals surface area contributed by atoms with Gasteiger partial charge in [-0.3, -0.25) is 19.3 Å². The number of rotatable bonds is 1. The third kappa shape index (κ3) is 3.57. The number of fused-ring (bicyclic) bond motifs is 6. The lowest BCUT2D eigenvalue weighted by Gasteiger charge is -2.53. The average molecular weight is 546 g/mol. The van der Waals surface area contributed by atoms with Gasteiger partial charge in [0.05, 0.1) is 9.88 Å². The van der Waals surface area contributed by atoms with Crippen molar-refractivity contribution >= 4 is 28.8 Å². The maximum Gasteiger partial charge on any atom is 0.278 e. The lowest BCUT2D eigenvalue weighted by Crippen LogP contribution is -2.64. The molecule has 1 amide bonds. The van der Waals surface area contributed by atoms with Gasteiger partial charge in [-0.25, -0.2) is 4.39 Å². The van der Waals surface area contributed by atoms with Crippen LogP contribution in [-0.2, 0) is 0 Å². The highest BCUT2D eigenvalue weighted by Gasteiger charge is 2.49. The molecule has 0 saturated heterocycles. The van der Waals surface area contributed by atoms with Crippen LogP contribution >= 0.6 is 22.9 Å². The Labute approximate surface area is 219 Å². The van der Waals surface area contributed by atoms with E-state index in [9.17, 15) is 19.1 Å². The predicted octanol–water partition coefficient (Wildman–Crippen LogP) is 4.87. The molecule has 37 heavy (non-hydrogen) atoms. The van der Waals surface area contributed by atoms with Gasteiger partial charge < -0.3 is 14.7 Å². The molecule has 1 aromatic carbocycles. The van der Waals surface area contributed by atoms with Gasteiger partial charge in [-0.1, -0.05) is 17.7 Å².